The third-order valence-corrected chi connectivity index (χ3v) is 5.29. The normalized spacial score (nSPS) is 10.9. The molecule has 0 unspecified atom stereocenters. The number of pyridine rings is 2. The summed E-state index contributed by atoms with van der Waals surface area (Å²) in [5, 5.41) is 3.99. The quantitative estimate of drug-likeness (QED) is 0.442. The van der Waals surface area contributed by atoms with Crippen LogP contribution in [0.5, 0.6) is 0 Å². The third-order valence-electron chi connectivity index (χ3n) is 5.29. The van der Waals surface area contributed by atoms with Gasteiger partial charge in [-0.15, -0.1) is 0 Å². The number of nitrogens with one attached hydrogen (secondary N) is 1. The number of fused-ring (bicyclic) bond motifs is 1. The Bertz CT molecular complexity index is 1200. The number of carbonyl (C=O) groups excluding carboxylic acids is 1. The van der Waals surface area contributed by atoms with Gasteiger partial charge >= 0.3 is 0 Å². The molecule has 0 saturated heterocycles. The van der Waals surface area contributed by atoms with Gasteiger partial charge in [0.25, 0.3) is 0 Å². The molecule has 0 spiro atoms. The van der Waals surface area contributed by atoms with Crippen molar-refractivity contribution >= 4 is 16.9 Å². The lowest BCUT2D eigenvalue weighted by Gasteiger charge is -2.08. The van der Waals surface area contributed by atoms with E-state index in [1.807, 2.05) is 54.6 Å². The van der Waals surface area contributed by atoms with Crippen LogP contribution in [0.4, 0.5) is 4.39 Å². The summed E-state index contributed by atoms with van der Waals surface area (Å²) in [5.74, 6) is -0.173. The van der Waals surface area contributed by atoms with Crippen molar-refractivity contribution in [3.63, 3.8) is 0 Å². The number of amides is 1. The van der Waals surface area contributed by atoms with Crippen molar-refractivity contribution in [2.24, 2.45) is 0 Å². The van der Waals surface area contributed by atoms with Gasteiger partial charge in [-0.3, -0.25) is 4.79 Å². The van der Waals surface area contributed by atoms with E-state index in [9.17, 15) is 9.18 Å². The molecule has 0 aliphatic rings. The summed E-state index contributed by atoms with van der Waals surface area (Å²) in [6.45, 7) is 2.25. The van der Waals surface area contributed by atoms with Crippen LogP contribution in [0, 0.1) is 12.7 Å². The molecule has 0 bridgehead atoms. The molecular weight excluding hydrogens is 389 g/mol. The molecule has 4 aromatic rings. The number of benzene rings is 2. The molecule has 156 valence electrons. The van der Waals surface area contributed by atoms with Crippen LogP contribution in [0.2, 0.25) is 0 Å². The minimum atomic E-state index is -0.198. The fourth-order valence-corrected chi connectivity index (χ4v) is 3.49. The summed E-state index contributed by atoms with van der Waals surface area (Å²) >= 11 is 0. The highest BCUT2D eigenvalue weighted by molar-refractivity contribution is 5.76. The molecule has 4 nitrogen and oxygen atoms in total. The largest absolute Gasteiger partial charge is 0.352 e. The Hall–Kier alpha value is -3.60. The first kappa shape index (κ1) is 20.7. The van der Waals surface area contributed by atoms with E-state index in [1.165, 1.54) is 6.07 Å². The monoisotopic (exact) mass is 413 g/mol. The molecule has 2 aromatic carbocycles. The third kappa shape index (κ3) is 5.31. The second-order valence-corrected chi connectivity index (χ2v) is 7.64. The number of nitrogens with zero attached hydrogens (tertiary/aromatic N) is 2. The zero-order chi connectivity index (χ0) is 21.6. The van der Waals surface area contributed by atoms with E-state index < -0.39 is 0 Å². The van der Waals surface area contributed by atoms with Gasteiger partial charge < -0.3 is 5.32 Å². The second kappa shape index (κ2) is 9.47. The standard InChI is InChI=1S/C26H24FN3O/c1-18-16-22(12-14-24(18)27)20-9-7-19(8-10-20)17-29-25(31)6-2-5-23-13-11-21-4-3-15-28-26(21)30-23/h3-4,7-16H,2,5-6,17H2,1H3,(H,29,31). The summed E-state index contributed by atoms with van der Waals surface area (Å²) in [5.41, 5.74) is 5.35. The number of halogens is 1. The van der Waals surface area contributed by atoms with Crippen LogP contribution in [0.1, 0.15) is 29.7 Å². The molecule has 0 aliphatic carbocycles. The van der Waals surface area contributed by atoms with E-state index >= 15 is 0 Å². The van der Waals surface area contributed by atoms with Crippen LogP contribution in [0.3, 0.4) is 0 Å². The van der Waals surface area contributed by atoms with Crippen LogP contribution in [0.25, 0.3) is 22.2 Å². The number of hydrogen-bond donors (Lipinski definition) is 1. The van der Waals surface area contributed by atoms with Crippen molar-refractivity contribution in [3.05, 3.63) is 95.6 Å². The minimum absolute atomic E-state index is 0.0251. The smallest absolute Gasteiger partial charge is 0.220 e. The van der Waals surface area contributed by atoms with E-state index in [2.05, 4.69) is 15.3 Å². The van der Waals surface area contributed by atoms with Gasteiger partial charge in [0.2, 0.25) is 5.91 Å². The lowest BCUT2D eigenvalue weighted by atomic mass is 10.0. The Labute approximate surface area is 181 Å². The van der Waals surface area contributed by atoms with Gasteiger partial charge in [-0.1, -0.05) is 30.3 Å². The molecule has 0 aliphatic heterocycles. The molecule has 4 rings (SSSR count). The van der Waals surface area contributed by atoms with Crippen molar-refractivity contribution in [2.45, 2.75) is 32.7 Å². The van der Waals surface area contributed by atoms with Crippen LogP contribution >= 0.6 is 0 Å². The van der Waals surface area contributed by atoms with Crippen molar-refractivity contribution in [3.8, 4) is 11.1 Å². The van der Waals surface area contributed by atoms with Crippen LogP contribution in [-0.2, 0) is 17.8 Å². The van der Waals surface area contributed by atoms with Gasteiger partial charge in [0.15, 0.2) is 5.65 Å². The highest BCUT2D eigenvalue weighted by Crippen LogP contribution is 2.22. The van der Waals surface area contributed by atoms with Crippen molar-refractivity contribution < 1.29 is 9.18 Å². The first-order valence-electron chi connectivity index (χ1n) is 10.4. The number of aryl methyl sites for hydroxylation is 2. The van der Waals surface area contributed by atoms with E-state index in [0.29, 0.717) is 18.5 Å². The molecular formula is C26H24FN3O. The van der Waals surface area contributed by atoms with Gasteiger partial charge in [-0.25, -0.2) is 14.4 Å². The predicted octanol–water partition coefficient (Wildman–Crippen LogP) is 5.38. The minimum Gasteiger partial charge on any atom is -0.352 e. The Kier molecular flexibility index (Phi) is 6.32. The maximum atomic E-state index is 13.5. The highest BCUT2D eigenvalue weighted by atomic mass is 19.1. The average molecular weight is 413 g/mol. The van der Waals surface area contributed by atoms with E-state index in [-0.39, 0.29) is 11.7 Å². The Morgan fingerprint density at radius 2 is 1.81 bits per heavy atom. The van der Waals surface area contributed by atoms with Crippen molar-refractivity contribution in [1.29, 1.82) is 0 Å². The van der Waals surface area contributed by atoms with Gasteiger partial charge in [0, 0.05) is 30.2 Å². The SMILES string of the molecule is Cc1cc(-c2ccc(CNC(=O)CCCc3ccc4cccnc4n3)cc2)ccc1F. The molecule has 31 heavy (non-hydrogen) atoms. The zero-order valence-corrected chi connectivity index (χ0v) is 17.4. The summed E-state index contributed by atoms with van der Waals surface area (Å²) in [4.78, 5) is 21.0. The fraction of sp³-hybridized carbons (Fsp3) is 0.192. The summed E-state index contributed by atoms with van der Waals surface area (Å²) < 4.78 is 13.5. The van der Waals surface area contributed by atoms with Gasteiger partial charge in [-0.05, 0) is 78.4 Å². The van der Waals surface area contributed by atoms with Gasteiger partial charge in [0.1, 0.15) is 5.82 Å². The molecule has 1 N–H and O–H groups in total. The summed E-state index contributed by atoms with van der Waals surface area (Å²) in [6, 6.07) is 21.0. The first-order valence-corrected chi connectivity index (χ1v) is 10.4. The molecule has 2 aromatic heterocycles. The zero-order valence-electron chi connectivity index (χ0n) is 17.4. The number of aromatic nitrogens is 2. The lowest BCUT2D eigenvalue weighted by molar-refractivity contribution is -0.121. The topological polar surface area (TPSA) is 54.9 Å². The van der Waals surface area contributed by atoms with Crippen molar-refractivity contribution in [1.82, 2.24) is 15.3 Å². The Balaban J connectivity index is 1.25. The van der Waals surface area contributed by atoms with E-state index in [0.717, 1.165) is 46.3 Å². The second-order valence-electron chi connectivity index (χ2n) is 7.64. The number of hydrogen-bond acceptors (Lipinski definition) is 3. The van der Waals surface area contributed by atoms with Crippen LogP contribution in [0.15, 0.2) is 72.9 Å². The summed E-state index contributed by atoms with van der Waals surface area (Å²) in [7, 11) is 0. The molecule has 0 radical (unpaired) electrons. The highest BCUT2D eigenvalue weighted by Gasteiger charge is 2.05. The van der Waals surface area contributed by atoms with Crippen LogP contribution in [-0.4, -0.2) is 15.9 Å². The number of rotatable bonds is 7. The maximum Gasteiger partial charge on any atom is 0.220 e. The first-order chi connectivity index (χ1) is 15.1. The average Bonchev–Trinajstić information content (AvgIpc) is 2.80. The van der Waals surface area contributed by atoms with Gasteiger partial charge in [-0.2, -0.15) is 0 Å². The predicted molar refractivity (Wildman–Crippen MR) is 121 cm³/mol. The molecule has 5 heteroatoms. The Morgan fingerprint density at radius 1 is 1.00 bits per heavy atom. The Morgan fingerprint density at radius 3 is 2.61 bits per heavy atom. The van der Waals surface area contributed by atoms with Crippen LogP contribution < -0.4 is 5.32 Å². The number of carbonyl (C=O) groups is 1. The van der Waals surface area contributed by atoms with Gasteiger partial charge in [0.05, 0.1) is 0 Å². The molecule has 2 heterocycles. The fourth-order valence-electron chi connectivity index (χ4n) is 3.49. The summed E-state index contributed by atoms with van der Waals surface area (Å²) in [6.07, 6.45) is 3.67. The lowest BCUT2D eigenvalue weighted by Crippen LogP contribution is -2.22. The maximum absolute atomic E-state index is 13.5. The molecule has 0 saturated carbocycles. The molecule has 1 amide bonds. The van der Waals surface area contributed by atoms with Crippen molar-refractivity contribution in [2.75, 3.05) is 0 Å². The molecule has 0 fully saturated rings. The molecule has 0 atom stereocenters. The van der Waals surface area contributed by atoms with E-state index in [1.54, 1.807) is 19.2 Å². The van der Waals surface area contributed by atoms with E-state index in [4.69, 9.17) is 0 Å².